The Morgan fingerprint density at radius 2 is 1.93 bits per heavy atom. The first kappa shape index (κ1) is 19.4. The molecule has 0 N–H and O–H groups in total. The summed E-state index contributed by atoms with van der Waals surface area (Å²) in [6.45, 7) is 2.03. The number of halogens is 1. The van der Waals surface area contributed by atoms with E-state index in [2.05, 4.69) is 23.1 Å². The number of allylic oxidation sites excluding steroid dienone is 3. The number of piperidine rings is 1. The van der Waals surface area contributed by atoms with Gasteiger partial charge in [-0.2, -0.15) is 0 Å². The molecule has 28 heavy (non-hydrogen) atoms. The van der Waals surface area contributed by atoms with Crippen molar-refractivity contribution in [3.05, 3.63) is 58.2 Å². The van der Waals surface area contributed by atoms with Gasteiger partial charge in [0.05, 0.1) is 21.3 Å². The van der Waals surface area contributed by atoms with Crippen molar-refractivity contribution >= 4 is 33.9 Å². The second-order valence-electron chi connectivity index (χ2n) is 6.92. The van der Waals surface area contributed by atoms with E-state index in [-0.39, 0.29) is 5.82 Å². The maximum absolute atomic E-state index is 14.6. The van der Waals surface area contributed by atoms with Crippen LogP contribution in [-0.4, -0.2) is 30.0 Å². The Bertz CT molecular complexity index is 924. The van der Waals surface area contributed by atoms with Gasteiger partial charge in [0.1, 0.15) is 5.82 Å². The zero-order chi connectivity index (χ0) is 19.3. The molecular formula is C22H24FN3S2. The number of nitrogens with zero attached hydrogens (tertiary/aromatic N) is 3. The standard InChI is InChI=1S/C22H24FN3S2/c1-27-19-13-5-2-4-12-18(24-19)21-20(16-10-6-7-11-17(16)23)25-22(28-21)26-14-8-3-9-15-26/h4,6-7,10-13H,2-3,5,8-9,14-15H2,1H3/b12-4+,19-13+,24-18+. The van der Waals surface area contributed by atoms with Crippen LogP contribution < -0.4 is 4.90 Å². The number of aromatic nitrogens is 1. The van der Waals surface area contributed by atoms with Crippen LogP contribution in [0.1, 0.15) is 37.0 Å². The molecular weight excluding hydrogens is 389 g/mol. The Hall–Kier alpha value is -1.92. The van der Waals surface area contributed by atoms with Crippen molar-refractivity contribution < 1.29 is 4.39 Å². The molecule has 2 aliphatic heterocycles. The first-order valence-electron chi connectivity index (χ1n) is 9.76. The van der Waals surface area contributed by atoms with Gasteiger partial charge in [0, 0.05) is 18.7 Å². The summed E-state index contributed by atoms with van der Waals surface area (Å²) in [7, 11) is 0. The van der Waals surface area contributed by atoms with Gasteiger partial charge < -0.3 is 4.90 Å². The van der Waals surface area contributed by atoms with Crippen LogP contribution in [0.4, 0.5) is 9.52 Å². The van der Waals surface area contributed by atoms with E-state index in [0.29, 0.717) is 11.3 Å². The van der Waals surface area contributed by atoms with Crippen LogP contribution in [0, 0.1) is 5.82 Å². The summed E-state index contributed by atoms with van der Waals surface area (Å²) in [6.07, 6.45) is 14.0. The predicted octanol–water partition coefficient (Wildman–Crippen LogP) is 6.28. The number of hydrogen-bond donors (Lipinski definition) is 0. The summed E-state index contributed by atoms with van der Waals surface area (Å²) in [5.74, 6) is -0.240. The summed E-state index contributed by atoms with van der Waals surface area (Å²) in [4.78, 5) is 13.1. The Morgan fingerprint density at radius 3 is 2.71 bits per heavy atom. The Kier molecular flexibility index (Phi) is 6.27. The molecule has 2 aromatic rings. The largest absolute Gasteiger partial charge is 0.348 e. The molecule has 0 saturated carbocycles. The zero-order valence-corrected chi connectivity index (χ0v) is 17.7. The Balaban J connectivity index is 1.84. The molecule has 3 heterocycles. The van der Waals surface area contributed by atoms with Crippen molar-refractivity contribution in [1.82, 2.24) is 4.98 Å². The topological polar surface area (TPSA) is 28.5 Å². The van der Waals surface area contributed by atoms with E-state index >= 15 is 0 Å². The second kappa shape index (κ2) is 9.05. The smallest absolute Gasteiger partial charge is 0.186 e. The maximum Gasteiger partial charge on any atom is 0.186 e. The van der Waals surface area contributed by atoms with Crippen LogP contribution in [0.3, 0.4) is 0 Å². The van der Waals surface area contributed by atoms with E-state index in [1.165, 1.54) is 25.3 Å². The minimum atomic E-state index is -0.240. The number of thioether (sulfide) groups is 1. The normalized spacial score (nSPS) is 22.6. The van der Waals surface area contributed by atoms with Crippen LogP contribution in [-0.2, 0) is 0 Å². The van der Waals surface area contributed by atoms with Gasteiger partial charge in [-0.1, -0.05) is 35.6 Å². The van der Waals surface area contributed by atoms with Crippen LogP contribution in [0.2, 0.25) is 0 Å². The molecule has 0 spiro atoms. The lowest BCUT2D eigenvalue weighted by molar-refractivity contribution is 0.577. The van der Waals surface area contributed by atoms with Crippen molar-refractivity contribution in [3.8, 4) is 11.3 Å². The monoisotopic (exact) mass is 413 g/mol. The van der Waals surface area contributed by atoms with Gasteiger partial charge in [-0.05, 0) is 56.6 Å². The first-order chi connectivity index (χ1) is 13.8. The molecule has 1 saturated heterocycles. The molecule has 0 aliphatic carbocycles. The van der Waals surface area contributed by atoms with E-state index in [9.17, 15) is 4.39 Å². The molecule has 1 fully saturated rings. The minimum Gasteiger partial charge on any atom is -0.348 e. The van der Waals surface area contributed by atoms with E-state index < -0.39 is 0 Å². The highest BCUT2D eigenvalue weighted by Gasteiger charge is 2.23. The lowest BCUT2D eigenvalue weighted by Crippen LogP contribution is -2.29. The molecule has 2 aliphatic rings. The fraction of sp³-hybridized carbons (Fsp3) is 0.364. The van der Waals surface area contributed by atoms with Gasteiger partial charge in [0.2, 0.25) is 0 Å². The Labute approximate surface area is 174 Å². The van der Waals surface area contributed by atoms with Gasteiger partial charge in [-0.25, -0.2) is 14.4 Å². The third-order valence-electron chi connectivity index (χ3n) is 4.97. The van der Waals surface area contributed by atoms with Crippen molar-refractivity contribution in [3.63, 3.8) is 0 Å². The van der Waals surface area contributed by atoms with E-state index in [4.69, 9.17) is 9.98 Å². The molecule has 6 heteroatoms. The predicted molar refractivity (Wildman–Crippen MR) is 120 cm³/mol. The summed E-state index contributed by atoms with van der Waals surface area (Å²) in [5.41, 5.74) is 2.12. The molecule has 4 rings (SSSR count). The maximum atomic E-state index is 14.6. The SMILES string of the molecule is CSC1=C/CC/C=C/C(c2sc(N3CCCCC3)nc2-c2ccccc2F)=N\1. The third kappa shape index (κ3) is 4.23. The fourth-order valence-electron chi connectivity index (χ4n) is 3.49. The number of aliphatic imine (C=N–C) groups is 1. The molecule has 3 nitrogen and oxygen atoms in total. The van der Waals surface area contributed by atoms with E-state index in [0.717, 1.165) is 46.7 Å². The van der Waals surface area contributed by atoms with Crippen LogP contribution in [0.15, 0.2) is 52.5 Å². The van der Waals surface area contributed by atoms with Gasteiger partial charge in [0.15, 0.2) is 5.13 Å². The number of rotatable bonds is 4. The van der Waals surface area contributed by atoms with E-state index in [1.807, 2.05) is 18.4 Å². The summed E-state index contributed by atoms with van der Waals surface area (Å²) < 4.78 is 14.6. The van der Waals surface area contributed by atoms with Crippen molar-refractivity contribution in [2.45, 2.75) is 32.1 Å². The zero-order valence-electron chi connectivity index (χ0n) is 16.0. The highest BCUT2D eigenvalue weighted by molar-refractivity contribution is 8.02. The highest BCUT2D eigenvalue weighted by Crippen LogP contribution is 2.37. The average Bonchev–Trinajstić information content (AvgIpc) is 3.14. The summed E-state index contributed by atoms with van der Waals surface area (Å²) in [5, 5.41) is 1.98. The van der Waals surface area contributed by atoms with Crippen LogP contribution in [0.5, 0.6) is 0 Å². The summed E-state index contributed by atoms with van der Waals surface area (Å²) >= 11 is 3.28. The Morgan fingerprint density at radius 1 is 1.11 bits per heavy atom. The van der Waals surface area contributed by atoms with Gasteiger partial charge in [-0.15, -0.1) is 11.8 Å². The highest BCUT2D eigenvalue weighted by atomic mass is 32.2. The van der Waals surface area contributed by atoms with E-state index in [1.54, 1.807) is 29.2 Å². The second-order valence-corrected chi connectivity index (χ2v) is 8.73. The molecule has 0 radical (unpaired) electrons. The van der Waals surface area contributed by atoms with Crippen LogP contribution >= 0.6 is 23.1 Å². The quantitative estimate of drug-likeness (QED) is 0.590. The molecule has 0 bridgehead atoms. The average molecular weight is 414 g/mol. The molecule has 0 atom stereocenters. The van der Waals surface area contributed by atoms with Gasteiger partial charge >= 0.3 is 0 Å². The van der Waals surface area contributed by atoms with Crippen molar-refractivity contribution in [2.75, 3.05) is 24.2 Å². The number of hydrogen-bond acceptors (Lipinski definition) is 5. The number of thiazole rings is 1. The molecule has 1 aromatic heterocycles. The van der Waals surface area contributed by atoms with Gasteiger partial charge in [-0.3, -0.25) is 0 Å². The van der Waals surface area contributed by atoms with Crippen molar-refractivity contribution in [2.24, 2.45) is 4.99 Å². The number of anilines is 1. The number of benzene rings is 1. The molecule has 0 unspecified atom stereocenters. The van der Waals surface area contributed by atoms with Crippen LogP contribution in [0.25, 0.3) is 11.3 Å². The molecule has 1 aromatic carbocycles. The lowest BCUT2D eigenvalue weighted by Gasteiger charge is -2.25. The lowest BCUT2D eigenvalue weighted by atomic mass is 10.1. The molecule has 0 amide bonds. The minimum absolute atomic E-state index is 0.240. The third-order valence-corrected chi connectivity index (χ3v) is 6.79. The first-order valence-corrected chi connectivity index (χ1v) is 11.8. The summed E-state index contributed by atoms with van der Waals surface area (Å²) in [6, 6.07) is 6.90. The van der Waals surface area contributed by atoms with Gasteiger partial charge in [0.25, 0.3) is 0 Å². The molecule has 146 valence electrons. The fourth-order valence-corrected chi connectivity index (χ4v) is 5.07. The van der Waals surface area contributed by atoms with Crippen molar-refractivity contribution in [1.29, 1.82) is 0 Å².